The molecule has 0 bridgehead atoms. The molecule has 1 aromatic heterocycles. The lowest BCUT2D eigenvalue weighted by molar-refractivity contribution is 0.0117. The van der Waals surface area contributed by atoms with Gasteiger partial charge in [0, 0.05) is 17.6 Å². The second-order valence-corrected chi connectivity index (χ2v) is 6.93. The van der Waals surface area contributed by atoms with Gasteiger partial charge in [-0.1, -0.05) is 13.3 Å². The van der Waals surface area contributed by atoms with Gasteiger partial charge in [-0.05, 0) is 33.1 Å². The monoisotopic (exact) mass is 297 g/mol. The fourth-order valence-corrected chi connectivity index (χ4v) is 3.54. The first-order valence-corrected chi connectivity index (χ1v) is 7.98. The zero-order chi connectivity index (χ0) is 14.8. The summed E-state index contributed by atoms with van der Waals surface area (Å²) in [5.41, 5.74) is -0.871. The number of nitrogens with zero attached hydrogens (tertiary/aromatic N) is 2. The highest BCUT2D eigenvalue weighted by Gasteiger charge is 2.38. The Balaban J connectivity index is 2.00. The van der Waals surface area contributed by atoms with E-state index >= 15 is 0 Å². The molecule has 0 spiro atoms. The van der Waals surface area contributed by atoms with Gasteiger partial charge >= 0.3 is 6.03 Å². The summed E-state index contributed by atoms with van der Waals surface area (Å²) in [5.74, 6) is 0. The summed E-state index contributed by atoms with van der Waals surface area (Å²) in [4.78, 5) is 19.4. The van der Waals surface area contributed by atoms with E-state index < -0.39 is 5.60 Å². The van der Waals surface area contributed by atoms with Crippen molar-refractivity contribution < 1.29 is 9.90 Å². The zero-order valence-electron chi connectivity index (χ0n) is 12.3. The van der Waals surface area contributed by atoms with Crippen molar-refractivity contribution in [3.05, 3.63) is 11.1 Å². The molecule has 1 unspecified atom stereocenters. The highest BCUT2D eigenvalue weighted by molar-refractivity contribution is 7.15. The number of aromatic nitrogens is 1. The van der Waals surface area contributed by atoms with Gasteiger partial charge in [-0.3, -0.25) is 5.32 Å². The number of hydrogen-bond donors (Lipinski definition) is 2. The first-order valence-electron chi connectivity index (χ1n) is 7.16. The Kier molecular flexibility index (Phi) is 4.65. The number of hydrogen-bond acceptors (Lipinski definition) is 4. The summed E-state index contributed by atoms with van der Waals surface area (Å²) < 4.78 is 0. The van der Waals surface area contributed by atoms with E-state index in [1.807, 2.05) is 6.20 Å². The number of rotatable bonds is 4. The number of anilines is 1. The van der Waals surface area contributed by atoms with Gasteiger partial charge in [0.1, 0.15) is 0 Å². The molecule has 112 valence electrons. The van der Waals surface area contributed by atoms with Crippen LogP contribution in [0, 0.1) is 0 Å². The molecule has 2 N–H and O–H groups in total. The van der Waals surface area contributed by atoms with Crippen molar-refractivity contribution in [2.45, 2.75) is 58.1 Å². The van der Waals surface area contributed by atoms with Crippen LogP contribution < -0.4 is 5.32 Å². The van der Waals surface area contributed by atoms with Crippen molar-refractivity contribution in [2.24, 2.45) is 0 Å². The third-order valence-electron chi connectivity index (χ3n) is 3.59. The largest absolute Gasteiger partial charge is 0.388 e. The van der Waals surface area contributed by atoms with E-state index in [1.165, 1.54) is 16.2 Å². The first kappa shape index (κ1) is 15.3. The van der Waals surface area contributed by atoms with E-state index in [2.05, 4.69) is 17.2 Å². The number of amides is 2. The maximum absolute atomic E-state index is 12.3. The minimum Gasteiger partial charge on any atom is -0.388 e. The SMILES string of the molecule is CCCc1cnc(NC(=O)N2CCCC2C(C)(C)O)s1. The van der Waals surface area contributed by atoms with Crippen molar-refractivity contribution in [3.8, 4) is 0 Å². The van der Waals surface area contributed by atoms with Gasteiger partial charge < -0.3 is 10.0 Å². The number of carbonyl (C=O) groups is 1. The lowest BCUT2D eigenvalue weighted by Gasteiger charge is -2.33. The number of nitrogens with one attached hydrogen (secondary N) is 1. The molecule has 5 nitrogen and oxygen atoms in total. The van der Waals surface area contributed by atoms with Crippen LogP contribution >= 0.6 is 11.3 Å². The number of thiazole rings is 1. The van der Waals surface area contributed by atoms with E-state index in [9.17, 15) is 9.90 Å². The topological polar surface area (TPSA) is 65.5 Å². The van der Waals surface area contributed by atoms with Crippen molar-refractivity contribution in [3.63, 3.8) is 0 Å². The van der Waals surface area contributed by atoms with Crippen LogP contribution in [0.4, 0.5) is 9.93 Å². The molecule has 0 aliphatic carbocycles. The standard InChI is InChI=1S/C14H23N3O2S/c1-4-6-10-9-15-12(20-10)16-13(18)17-8-5-7-11(17)14(2,3)19/h9,11,19H,4-8H2,1-3H3,(H,15,16,18). The molecule has 0 saturated carbocycles. The quantitative estimate of drug-likeness (QED) is 0.898. The molecule has 2 amide bonds. The van der Waals surface area contributed by atoms with Crippen molar-refractivity contribution in [1.82, 2.24) is 9.88 Å². The van der Waals surface area contributed by atoms with Gasteiger partial charge in [-0.25, -0.2) is 9.78 Å². The minimum atomic E-state index is -0.871. The Labute approximate surface area is 124 Å². The van der Waals surface area contributed by atoms with Gasteiger partial charge in [0.05, 0.1) is 11.6 Å². The smallest absolute Gasteiger partial charge is 0.323 e. The van der Waals surface area contributed by atoms with Crippen LogP contribution in [0.5, 0.6) is 0 Å². The summed E-state index contributed by atoms with van der Waals surface area (Å²) in [5, 5.41) is 13.6. The number of likely N-dealkylation sites (tertiary alicyclic amines) is 1. The van der Waals surface area contributed by atoms with Crippen LogP contribution in [0.3, 0.4) is 0 Å². The third-order valence-corrected chi connectivity index (χ3v) is 4.57. The fraction of sp³-hybridized carbons (Fsp3) is 0.714. The predicted octanol–water partition coefficient (Wildman–Crippen LogP) is 2.86. The van der Waals surface area contributed by atoms with Crippen LogP contribution in [0.25, 0.3) is 0 Å². The Hall–Kier alpha value is -1.14. The molecule has 0 radical (unpaired) electrons. The Bertz CT molecular complexity index is 467. The average Bonchev–Trinajstić information content (AvgIpc) is 2.97. The molecular formula is C14H23N3O2S. The number of aryl methyl sites for hydroxylation is 1. The molecule has 1 aliphatic heterocycles. The molecule has 6 heteroatoms. The zero-order valence-corrected chi connectivity index (χ0v) is 13.2. The molecular weight excluding hydrogens is 274 g/mol. The van der Waals surface area contributed by atoms with Crippen LogP contribution in [-0.2, 0) is 6.42 Å². The second-order valence-electron chi connectivity index (χ2n) is 5.82. The number of aliphatic hydroxyl groups is 1. The van der Waals surface area contributed by atoms with E-state index in [0.29, 0.717) is 11.7 Å². The summed E-state index contributed by atoms with van der Waals surface area (Å²) >= 11 is 1.52. The summed E-state index contributed by atoms with van der Waals surface area (Å²) in [7, 11) is 0. The van der Waals surface area contributed by atoms with Gasteiger partial charge in [0.2, 0.25) is 0 Å². The average molecular weight is 297 g/mol. The molecule has 20 heavy (non-hydrogen) atoms. The van der Waals surface area contributed by atoms with Crippen LogP contribution in [-0.4, -0.2) is 39.2 Å². The molecule has 0 aromatic carbocycles. The Morgan fingerprint density at radius 2 is 2.40 bits per heavy atom. The summed E-state index contributed by atoms with van der Waals surface area (Å²) in [6.07, 6.45) is 5.66. The summed E-state index contributed by atoms with van der Waals surface area (Å²) in [6, 6.07) is -0.287. The normalized spacial score (nSPS) is 19.4. The van der Waals surface area contributed by atoms with E-state index in [-0.39, 0.29) is 12.1 Å². The lowest BCUT2D eigenvalue weighted by atomic mass is 9.97. The Morgan fingerprint density at radius 1 is 1.65 bits per heavy atom. The fourth-order valence-electron chi connectivity index (χ4n) is 2.63. The minimum absolute atomic E-state index is 0.127. The predicted molar refractivity (Wildman–Crippen MR) is 81.2 cm³/mol. The maximum Gasteiger partial charge on any atom is 0.323 e. The molecule has 1 aromatic rings. The molecule has 2 rings (SSSR count). The van der Waals surface area contributed by atoms with E-state index in [1.54, 1.807) is 18.7 Å². The lowest BCUT2D eigenvalue weighted by Crippen LogP contribution is -2.49. The summed E-state index contributed by atoms with van der Waals surface area (Å²) in [6.45, 7) is 6.32. The highest BCUT2D eigenvalue weighted by atomic mass is 32.1. The molecule has 1 fully saturated rings. The molecule has 2 heterocycles. The van der Waals surface area contributed by atoms with Crippen LogP contribution in [0.1, 0.15) is 44.9 Å². The third kappa shape index (κ3) is 3.49. The van der Waals surface area contributed by atoms with E-state index in [0.717, 1.165) is 25.7 Å². The van der Waals surface area contributed by atoms with Crippen LogP contribution in [0.15, 0.2) is 6.20 Å². The van der Waals surface area contributed by atoms with Crippen molar-refractivity contribution >= 4 is 22.5 Å². The second kappa shape index (κ2) is 6.10. The van der Waals surface area contributed by atoms with Crippen molar-refractivity contribution in [2.75, 3.05) is 11.9 Å². The van der Waals surface area contributed by atoms with Gasteiger partial charge in [0.25, 0.3) is 0 Å². The van der Waals surface area contributed by atoms with Crippen LogP contribution in [0.2, 0.25) is 0 Å². The van der Waals surface area contributed by atoms with Gasteiger partial charge in [-0.2, -0.15) is 0 Å². The maximum atomic E-state index is 12.3. The van der Waals surface area contributed by atoms with E-state index in [4.69, 9.17) is 0 Å². The van der Waals surface area contributed by atoms with Gasteiger partial charge in [-0.15, -0.1) is 11.3 Å². The molecule has 1 saturated heterocycles. The van der Waals surface area contributed by atoms with Gasteiger partial charge in [0.15, 0.2) is 5.13 Å². The first-order chi connectivity index (χ1) is 9.41. The highest BCUT2D eigenvalue weighted by Crippen LogP contribution is 2.28. The number of urea groups is 1. The molecule has 1 aliphatic rings. The Morgan fingerprint density at radius 3 is 3.05 bits per heavy atom. The molecule has 1 atom stereocenters. The number of carbonyl (C=O) groups excluding carboxylic acids is 1. The van der Waals surface area contributed by atoms with Crippen molar-refractivity contribution in [1.29, 1.82) is 0 Å².